The van der Waals surface area contributed by atoms with Crippen molar-refractivity contribution in [3.8, 4) is 0 Å². The van der Waals surface area contributed by atoms with Gasteiger partial charge in [0.1, 0.15) is 0 Å². The van der Waals surface area contributed by atoms with Crippen LogP contribution in [0.15, 0.2) is 0 Å². The monoisotopic (exact) mass is 242 g/mol. The molecule has 17 heavy (non-hydrogen) atoms. The van der Waals surface area contributed by atoms with Crippen molar-refractivity contribution in [2.45, 2.75) is 52.7 Å². The van der Waals surface area contributed by atoms with Crippen molar-refractivity contribution in [3.63, 3.8) is 0 Å². The Kier molecular flexibility index (Phi) is 7.09. The predicted octanol–water partition coefficient (Wildman–Crippen LogP) is 2.12. The normalized spacial score (nSPS) is 22.6. The summed E-state index contributed by atoms with van der Waals surface area (Å²) >= 11 is 0. The van der Waals surface area contributed by atoms with Gasteiger partial charge in [-0.1, -0.05) is 27.7 Å². The SMILES string of the molecule is CCNC(CN(CC)CC1CCCO1)C(C)C. The van der Waals surface area contributed by atoms with Crippen LogP contribution in [0.25, 0.3) is 0 Å². The molecular weight excluding hydrogens is 212 g/mol. The van der Waals surface area contributed by atoms with Gasteiger partial charge in [0.05, 0.1) is 6.10 Å². The maximum atomic E-state index is 5.73. The molecule has 3 nitrogen and oxygen atoms in total. The quantitative estimate of drug-likeness (QED) is 0.705. The van der Waals surface area contributed by atoms with E-state index in [1.54, 1.807) is 0 Å². The second kappa shape index (κ2) is 8.06. The van der Waals surface area contributed by atoms with E-state index >= 15 is 0 Å². The fourth-order valence-electron chi connectivity index (χ4n) is 2.46. The predicted molar refractivity (Wildman–Crippen MR) is 73.4 cm³/mol. The third-order valence-electron chi connectivity index (χ3n) is 3.66. The first-order valence-corrected chi connectivity index (χ1v) is 7.24. The summed E-state index contributed by atoms with van der Waals surface area (Å²) in [5, 5.41) is 3.59. The molecule has 1 rings (SSSR count). The Bertz CT molecular complexity index is 191. The summed E-state index contributed by atoms with van der Waals surface area (Å²) in [4.78, 5) is 2.53. The molecule has 0 spiro atoms. The van der Waals surface area contributed by atoms with Crippen LogP contribution in [-0.4, -0.2) is 49.8 Å². The van der Waals surface area contributed by atoms with E-state index in [0.717, 1.165) is 32.8 Å². The van der Waals surface area contributed by atoms with Crippen LogP contribution in [0.4, 0.5) is 0 Å². The van der Waals surface area contributed by atoms with Crippen molar-refractivity contribution in [2.75, 3.05) is 32.8 Å². The third-order valence-corrected chi connectivity index (χ3v) is 3.66. The van der Waals surface area contributed by atoms with Gasteiger partial charge in [-0.25, -0.2) is 0 Å². The van der Waals surface area contributed by atoms with Gasteiger partial charge in [0.15, 0.2) is 0 Å². The lowest BCUT2D eigenvalue weighted by Gasteiger charge is -2.30. The van der Waals surface area contributed by atoms with E-state index < -0.39 is 0 Å². The van der Waals surface area contributed by atoms with Gasteiger partial charge in [-0.2, -0.15) is 0 Å². The van der Waals surface area contributed by atoms with E-state index in [9.17, 15) is 0 Å². The van der Waals surface area contributed by atoms with Crippen molar-refractivity contribution in [2.24, 2.45) is 5.92 Å². The minimum Gasteiger partial charge on any atom is -0.377 e. The first-order valence-electron chi connectivity index (χ1n) is 7.24. The van der Waals surface area contributed by atoms with Crippen molar-refractivity contribution in [3.05, 3.63) is 0 Å². The molecule has 0 amide bonds. The minimum absolute atomic E-state index is 0.476. The van der Waals surface area contributed by atoms with Crippen LogP contribution in [0, 0.1) is 5.92 Å². The number of ether oxygens (including phenoxy) is 1. The van der Waals surface area contributed by atoms with Crippen molar-refractivity contribution >= 4 is 0 Å². The van der Waals surface area contributed by atoms with Crippen molar-refractivity contribution < 1.29 is 4.74 Å². The van der Waals surface area contributed by atoms with Gasteiger partial charge in [-0.05, 0) is 31.8 Å². The van der Waals surface area contributed by atoms with E-state index in [1.165, 1.54) is 12.8 Å². The zero-order chi connectivity index (χ0) is 12.7. The molecule has 0 radical (unpaired) electrons. The molecule has 0 aliphatic carbocycles. The smallest absolute Gasteiger partial charge is 0.0702 e. The van der Waals surface area contributed by atoms with Crippen LogP contribution in [0.2, 0.25) is 0 Å². The zero-order valence-electron chi connectivity index (χ0n) is 12.0. The zero-order valence-corrected chi connectivity index (χ0v) is 12.0. The van der Waals surface area contributed by atoms with E-state index in [2.05, 4.69) is 37.9 Å². The average molecular weight is 242 g/mol. The maximum Gasteiger partial charge on any atom is 0.0702 e. The molecule has 0 aromatic carbocycles. The second-order valence-electron chi connectivity index (χ2n) is 5.40. The molecule has 1 heterocycles. The molecule has 3 heteroatoms. The lowest BCUT2D eigenvalue weighted by Crippen LogP contribution is -2.46. The lowest BCUT2D eigenvalue weighted by molar-refractivity contribution is 0.0694. The Hall–Kier alpha value is -0.120. The van der Waals surface area contributed by atoms with Crippen LogP contribution >= 0.6 is 0 Å². The molecule has 0 aromatic heterocycles. The first-order chi connectivity index (χ1) is 8.17. The Morgan fingerprint density at radius 2 is 2.12 bits per heavy atom. The number of nitrogens with one attached hydrogen (secondary N) is 1. The summed E-state index contributed by atoms with van der Waals surface area (Å²) in [6.45, 7) is 14.4. The lowest BCUT2D eigenvalue weighted by atomic mass is 10.0. The molecule has 1 saturated heterocycles. The summed E-state index contributed by atoms with van der Waals surface area (Å²) in [6.07, 6.45) is 2.96. The molecule has 102 valence electrons. The van der Waals surface area contributed by atoms with E-state index in [4.69, 9.17) is 4.74 Å². The topological polar surface area (TPSA) is 24.5 Å². The Morgan fingerprint density at radius 1 is 1.35 bits per heavy atom. The van der Waals surface area contributed by atoms with Crippen LogP contribution in [0.3, 0.4) is 0 Å². The van der Waals surface area contributed by atoms with Gasteiger partial charge in [-0.15, -0.1) is 0 Å². The summed E-state index contributed by atoms with van der Waals surface area (Å²) < 4.78 is 5.73. The van der Waals surface area contributed by atoms with Gasteiger partial charge >= 0.3 is 0 Å². The summed E-state index contributed by atoms with van der Waals surface area (Å²) in [7, 11) is 0. The number of hydrogen-bond donors (Lipinski definition) is 1. The molecule has 1 aliphatic rings. The van der Waals surface area contributed by atoms with Crippen LogP contribution < -0.4 is 5.32 Å². The maximum absolute atomic E-state index is 5.73. The fraction of sp³-hybridized carbons (Fsp3) is 1.00. The molecule has 1 fully saturated rings. The Morgan fingerprint density at radius 3 is 2.59 bits per heavy atom. The number of nitrogens with zero attached hydrogens (tertiary/aromatic N) is 1. The molecular formula is C14H30N2O. The van der Waals surface area contributed by atoms with E-state index in [0.29, 0.717) is 18.1 Å². The van der Waals surface area contributed by atoms with Crippen LogP contribution in [-0.2, 0) is 4.74 Å². The largest absolute Gasteiger partial charge is 0.377 e. The molecule has 2 unspecified atom stereocenters. The van der Waals surface area contributed by atoms with Gasteiger partial charge < -0.3 is 10.1 Å². The Labute approximate surface area is 107 Å². The summed E-state index contributed by atoms with van der Waals surface area (Å²) in [5.74, 6) is 0.688. The average Bonchev–Trinajstić information content (AvgIpc) is 2.79. The highest BCUT2D eigenvalue weighted by Gasteiger charge is 2.21. The number of likely N-dealkylation sites (N-methyl/N-ethyl adjacent to an activating group) is 2. The molecule has 1 N–H and O–H groups in total. The van der Waals surface area contributed by atoms with E-state index in [-0.39, 0.29) is 0 Å². The summed E-state index contributed by atoms with van der Waals surface area (Å²) in [6, 6.07) is 0.598. The standard InChI is InChI=1S/C14H30N2O/c1-5-15-14(12(3)4)11-16(6-2)10-13-8-7-9-17-13/h12-15H,5-11H2,1-4H3. The first kappa shape index (κ1) is 14.9. The highest BCUT2D eigenvalue weighted by molar-refractivity contribution is 4.77. The van der Waals surface area contributed by atoms with Gasteiger partial charge in [0, 0.05) is 25.7 Å². The second-order valence-corrected chi connectivity index (χ2v) is 5.40. The van der Waals surface area contributed by atoms with Crippen LogP contribution in [0.1, 0.15) is 40.5 Å². The minimum atomic E-state index is 0.476. The van der Waals surface area contributed by atoms with Crippen molar-refractivity contribution in [1.82, 2.24) is 10.2 Å². The highest BCUT2D eigenvalue weighted by Crippen LogP contribution is 2.14. The van der Waals surface area contributed by atoms with Crippen LogP contribution in [0.5, 0.6) is 0 Å². The van der Waals surface area contributed by atoms with Gasteiger partial charge in [0.2, 0.25) is 0 Å². The van der Waals surface area contributed by atoms with Crippen molar-refractivity contribution in [1.29, 1.82) is 0 Å². The van der Waals surface area contributed by atoms with Gasteiger partial charge in [-0.3, -0.25) is 4.90 Å². The number of rotatable bonds is 8. The summed E-state index contributed by atoms with van der Waals surface area (Å²) in [5.41, 5.74) is 0. The molecule has 1 aliphatic heterocycles. The Balaban J connectivity index is 2.37. The number of hydrogen-bond acceptors (Lipinski definition) is 3. The molecule has 0 aromatic rings. The molecule has 0 saturated carbocycles. The molecule has 0 bridgehead atoms. The highest BCUT2D eigenvalue weighted by atomic mass is 16.5. The third kappa shape index (κ3) is 5.36. The van der Waals surface area contributed by atoms with E-state index in [1.807, 2.05) is 0 Å². The van der Waals surface area contributed by atoms with Gasteiger partial charge in [0.25, 0.3) is 0 Å². The molecule has 2 atom stereocenters. The fourth-order valence-corrected chi connectivity index (χ4v) is 2.46.